The number of carbonyl (C=O) groups is 1. The Bertz CT molecular complexity index is 480. The molecule has 2 heterocycles. The third kappa shape index (κ3) is 3.92. The molecular weight excluding hydrogens is 272 g/mol. The predicted octanol–water partition coefficient (Wildman–Crippen LogP) is 1.40. The highest BCUT2D eigenvalue weighted by atomic mass is 16.5. The average molecular weight is 294 g/mol. The largest absolute Gasteiger partial charge is 0.481 e. The normalized spacial score (nSPS) is 21.7. The van der Waals surface area contributed by atoms with Crippen LogP contribution >= 0.6 is 0 Å². The van der Waals surface area contributed by atoms with Crippen molar-refractivity contribution in [1.82, 2.24) is 9.88 Å². The average Bonchev–Trinajstić information content (AvgIpc) is 2.96. The van der Waals surface area contributed by atoms with Crippen LogP contribution < -0.4 is 4.74 Å². The first kappa shape index (κ1) is 15.7. The van der Waals surface area contributed by atoms with E-state index in [9.17, 15) is 9.90 Å². The molecule has 2 rings (SSSR count). The molecule has 2 atom stereocenters. The van der Waals surface area contributed by atoms with E-state index < -0.39 is 11.9 Å². The summed E-state index contributed by atoms with van der Waals surface area (Å²) in [6.07, 6.45) is 0.951. The first-order valence-electron chi connectivity index (χ1n) is 7.20. The lowest BCUT2D eigenvalue weighted by Gasteiger charge is -2.29. The molecule has 1 saturated heterocycles. The molecule has 1 N–H and O–H groups in total. The maximum Gasteiger partial charge on any atom is 0.310 e. The minimum Gasteiger partial charge on any atom is -0.481 e. The number of nitrogens with zero attached hydrogens (tertiary/aromatic N) is 2. The second-order valence-electron chi connectivity index (χ2n) is 5.19. The van der Waals surface area contributed by atoms with Gasteiger partial charge in [0.2, 0.25) is 5.88 Å². The molecular formula is C15H22N2O4. The van der Waals surface area contributed by atoms with Gasteiger partial charge in [0.25, 0.3) is 0 Å². The van der Waals surface area contributed by atoms with Gasteiger partial charge in [-0.3, -0.25) is 9.69 Å². The number of rotatable bonds is 7. The van der Waals surface area contributed by atoms with Crippen LogP contribution in [0.5, 0.6) is 5.88 Å². The molecule has 0 amide bonds. The molecule has 1 aromatic rings. The Morgan fingerprint density at radius 2 is 2.33 bits per heavy atom. The van der Waals surface area contributed by atoms with Crippen molar-refractivity contribution < 1.29 is 19.4 Å². The summed E-state index contributed by atoms with van der Waals surface area (Å²) in [4.78, 5) is 17.9. The van der Waals surface area contributed by atoms with Crippen molar-refractivity contribution in [3.05, 3.63) is 23.9 Å². The van der Waals surface area contributed by atoms with Gasteiger partial charge in [0.05, 0.1) is 31.9 Å². The zero-order valence-electron chi connectivity index (χ0n) is 12.5. The molecule has 1 aromatic heterocycles. The number of aliphatic carboxylic acids is 1. The lowest BCUT2D eigenvalue weighted by Crippen LogP contribution is -2.43. The third-order valence-corrected chi connectivity index (χ3v) is 3.70. The fraction of sp³-hybridized carbons (Fsp3) is 0.600. The summed E-state index contributed by atoms with van der Waals surface area (Å²) in [5, 5.41) is 9.31. The molecule has 1 aliphatic heterocycles. The Labute approximate surface area is 124 Å². The Morgan fingerprint density at radius 1 is 1.52 bits per heavy atom. The molecule has 2 unspecified atom stereocenters. The minimum absolute atomic E-state index is 0.101. The maximum absolute atomic E-state index is 11.3. The van der Waals surface area contributed by atoms with E-state index in [0.29, 0.717) is 19.0 Å². The SMILES string of the molecule is CCCN(Cc1cccc(OC)n1)C1COCC1C(=O)O. The van der Waals surface area contributed by atoms with Gasteiger partial charge in [-0.25, -0.2) is 4.98 Å². The Kier molecular flexibility index (Phi) is 5.52. The van der Waals surface area contributed by atoms with E-state index in [1.54, 1.807) is 13.2 Å². The highest BCUT2D eigenvalue weighted by Crippen LogP contribution is 2.22. The minimum atomic E-state index is -0.794. The molecule has 0 bridgehead atoms. The molecule has 0 spiro atoms. The summed E-state index contributed by atoms with van der Waals surface area (Å²) in [6, 6.07) is 5.52. The summed E-state index contributed by atoms with van der Waals surface area (Å²) in [6.45, 7) is 4.24. The van der Waals surface area contributed by atoms with Gasteiger partial charge in [-0.05, 0) is 19.0 Å². The molecule has 6 nitrogen and oxygen atoms in total. The van der Waals surface area contributed by atoms with Crippen LogP contribution in [-0.2, 0) is 16.1 Å². The summed E-state index contributed by atoms with van der Waals surface area (Å²) >= 11 is 0. The van der Waals surface area contributed by atoms with Crippen molar-refractivity contribution in [3.8, 4) is 5.88 Å². The summed E-state index contributed by atoms with van der Waals surface area (Å²) in [5.74, 6) is -0.694. The molecule has 1 fully saturated rings. The van der Waals surface area contributed by atoms with E-state index in [0.717, 1.165) is 18.7 Å². The molecule has 0 radical (unpaired) electrons. The van der Waals surface area contributed by atoms with Gasteiger partial charge < -0.3 is 14.6 Å². The van der Waals surface area contributed by atoms with Gasteiger partial charge in [0.1, 0.15) is 0 Å². The van der Waals surface area contributed by atoms with Crippen LogP contribution in [0.15, 0.2) is 18.2 Å². The van der Waals surface area contributed by atoms with E-state index in [4.69, 9.17) is 9.47 Å². The maximum atomic E-state index is 11.3. The quantitative estimate of drug-likeness (QED) is 0.819. The number of carboxylic acids is 1. The van der Waals surface area contributed by atoms with Crippen LogP contribution in [0.4, 0.5) is 0 Å². The number of methoxy groups -OCH3 is 1. The first-order valence-corrected chi connectivity index (χ1v) is 7.20. The smallest absolute Gasteiger partial charge is 0.310 e. The Morgan fingerprint density at radius 3 is 3.00 bits per heavy atom. The predicted molar refractivity (Wildman–Crippen MR) is 77.2 cm³/mol. The number of pyridine rings is 1. The zero-order chi connectivity index (χ0) is 15.2. The number of ether oxygens (including phenoxy) is 2. The highest BCUT2D eigenvalue weighted by molar-refractivity contribution is 5.71. The van der Waals surface area contributed by atoms with Crippen molar-refractivity contribution in [1.29, 1.82) is 0 Å². The fourth-order valence-corrected chi connectivity index (χ4v) is 2.66. The van der Waals surface area contributed by atoms with Gasteiger partial charge in [-0.2, -0.15) is 0 Å². The molecule has 21 heavy (non-hydrogen) atoms. The van der Waals surface area contributed by atoms with Gasteiger partial charge in [0, 0.05) is 18.7 Å². The van der Waals surface area contributed by atoms with Crippen molar-refractivity contribution in [2.75, 3.05) is 26.9 Å². The van der Waals surface area contributed by atoms with Gasteiger partial charge in [-0.1, -0.05) is 13.0 Å². The highest BCUT2D eigenvalue weighted by Gasteiger charge is 2.37. The van der Waals surface area contributed by atoms with Crippen molar-refractivity contribution >= 4 is 5.97 Å². The van der Waals surface area contributed by atoms with Crippen molar-refractivity contribution in [3.63, 3.8) is 0 Å². The first-order chi connectivity index (χ1) is 10.2. The van der Waals surface area contributed by atoms with E-state index in [1.165, 1.54) is 0 Å². The van der Waals surface area contributed by atoms with E-state index in [1.807, 2.05) is 12.1 Å². The molecule has 116 valence electrons. The fourth-order valence-electron chi connectivity index (χ4n) is 2.66. The number of hydrogen-bond acceptors (Lipinski definition) is 5. The Balaban J connectivity index is 2.12. The van der Waals surface area contributed by atoms with E-state index in [2.05, 4.69) is 16.8 Å². The summed E-state index contributed by atoms with van der Waals surface area (Å²) in [7, 11) is 1.58. The van der Waals surface area contributed by atoms with Crippen LogP contribution in [0.1, 0.15) is 19.0 Å². The summed E-state index contributed by atoms with van der Waals surface area (Å²) < 4.78 is 10.5. The lowest BCUT2D eigenvalue weighted by molar-refractivity contribution is -0.143. The van der Waals surface area contributed by atoms with Gasteiger partial charge in [0.15, 0.2) is 0 Å². The second kappa shape index (κ2) is 7.38. The second-order valence-corrected chi connectivity index (χ2v) is 5.19. The monoisotopic (exact) mass is 294 g/mol. The number of hydrogen-bond donors (Lipinski definition) is 1. The summed E-state index contributed by atoms with van der Waals surface area (Å²) in [5.41, 5.74) is 0.874. The van der Waals surface area contributed by atoms with Crippen molar-refractivity contribution in [2.45, 2.75) is 25.9 Å². The molecule has 0 saturated carbocycles. The molecule has 6 heteroatoms. The standard InChI is InChI=1S/C15H22N2O4/c1-3-7-17(13-10-21-9-12(13)15(18)19)8-11-5-4-6-14(16-11)20-2/h4-6,12-13H,3,7-10H2,1-2H3,(H,18,19). The third-order valence-electron chi connectivity index (χ3n) is 3.70. The zero-order valence-corrected chi connectivity index (χ0v) is 12.5. The number of carboxylic acid groups (broad SMARTS) is 1. The van der Waals surface area contributed by atoms with Crippen LogP contribution in [0, 0.1) is 5.92 Å². The molecule has 0 aromatic carbocycles. The van der Waals surface area contributed by atoms with E-state index in [-0.39, 0.29) is 12.6 Å². The Hall–Kier alpha value is -1.66. The van der Waals surface area contributed by atoms with Crippen molar-refractivity contribution in [2.24, 2.45) is 5.92 Å². The van der Waals surface area contributed by atoms with E-state index >= 15 is 0 Å². The van der Waals surface area contributed by atoms with Crippen LogP contribution in [0.25, 0.3) is 0 Å². The van der Waals surface area contributed by atoms with Crippen LogP contribution in [0.3, 0.4) is 0 Å². The van der Waals surface area contributed by atoms with Gasteiger partial charge in [-0.15, -0.1) is 0 Å². The topological polar surface area (TPSA) is 71.9 Å². The molecule has 0 aliphatic carbocycles. The molecule has 1 aliphatic rings. The van der Waals surface area contributed by atoms with Crippen LogP contribution in [0.2, 0.25) is 0 Å². The lowest BCUT2D eigenvalue weighted by atomic mass is 10.0. The number of aromatic nitrogens is 1. The van der Waals surface area contributed by atoms with Gasteiger partial charge >= 0.3 is 5.97 Å². The van der Waals surface area contributed by atoms with Crippen LogP contribution in [-0.4, -0.2) is 53.9 Å².